The first-order valence-electron chi connectivity index (χ1n) is 11.5. The zero-order chi connectivity index (χ0) is 19.2. The van der Waals surface area contributed by atoms with Gasteiger partial charge >= 0.3 is 0 Å². The lowest BCUT2D eigenvalue weighted by Gasteiger charge is -2.45. The molecule has 0 aromatic rings. The lowest BCUT2D eigenvalue weighted by molar-refractivity contribution is -0.924. The highest BCUT2D eigenvalue weighted by molar-refractivity contribution is 4.76. The van der Waals surface area contributed by atoms with Gasteiger partial charge in [-0.25, -0.2) is 0 Å². The highest BCUT2D eigenvalue weighted by Gasteiger charge is 2.37. The molecule has 0 aromatic heterocycles. The molecule has 0 rings (SSSR count). The minimum Gasteiger partial charge on any atom is -0.326 e. The fourth-order valence-electron chi connectivity index (χ4n) is 3.66. The summed E-state index contributed by atoms with van der Waals surface area (Å²) >= 11 is 0. The van der Waals surface area contributed by atoms with Crippen LogP contribution in [0.25, 0.3) is 0 Å². The molecule has 0 heterocycles. The summed E-state index contributed by atoms with van der Waals surface area (Å²) in [5, 5.41) is 0. The summed E-state index contributed by atoms with van der Waals surface area (Å²) in [4.78, 5) is 0. The van der Waals surface area contributed by atoms with Crippen LogP contribution in [-0.2, 0) is 0 Å². The summed E-state index contributed by atoms with van der Waals surface area (Å²) in [5.74, 6) is 0.796. The van der Waals surface area contributed by atoms with Crippen LogP contribution < -0.4 is 0 Å². The van der Waals surface area contributed by atoms with Crippen molar-refractivity contribution in [2.45, 2.75) is 130 Å². The summed E-state index contributed by atoms with van der Waals surface area (Å²) in [6.45, 7) is 9.61. The second-order valence-corrected chi connectivity index (χ2v) is 9.95. The third kappa shape index (κ3) is 12.1. The second kappa shape index (κ2) is 14.1. The van der Waals surface area contributed by atoms with Gasteiger partial charge in [-0.15, -0.1) is 0 Å². The van der Waals surface area contributed by atoms with Gasteiger partial charge in [0.25, 0.3) is 0 Å². The molecule has 0 amide bonds. The molecule has 0 aliphatic carbocycles. The molecule has 1 heteroatoms. The topological polar surface area (TPSA) is 0 Å². The van der Waals surface area contributed by atoms with E-state index in [9.17, 15) is 0 Å². The molecule has 0 aliphatic heterocycles. The Bertz CT molecular complexity index is 287. The molecule has 0 N–H and O–H groups in total. The van der Waals surface area contributed by atoms with E-state index in [1.807, 2.05) is 0 Å². The van der Waals surface area contributed by atoms with Crippen molar-refractivity contribution in [1.29, 1.82) is 0 Å². The van der Waals surface area contributed by atoms with Crippen LogP contribution in [0, 0.1) is 5.92 Å². The number of rotatable bonds is 17. The minimum atomic E-state index is 0.372. The van der Waals surface area contributed by atoms with Gasteiger partial charge in [-0.3, -0.25) is 0 Å². The van der Waals surface area contributed by atoms with Gasteiger partial charge in [0.1, 0.15) is 0 Å². The SMILES string of the molecule is CCCCCCCCCCCCCCCCC(C)C(C)(C)[N+](C)(C)C. The van der Waals surface area contributed by atoms with Crippen LogP contribution in [0.5, 0.6) is 0 Å². The Morgan fingerprint density at radius 2 is 0.920 bits per heavy atom. The van der Waals surface area contributed by atoms with Crippen LogP contribution in [0.4, 0.5) is 0 Å². The van der Waals surface area contributed by atoms with Gasteiger partial charge in [-0.1, -0.05) is 104 Å². The Kier molecular flexibility index (Phi) is 14.0. The molecule has 1 unspecified atom stereocenters. The van der Waals surface area contributed by atoms with Gasteiger partial charge < -0.3 is 4.48 Å². The first-order chi connectivity index (χ1) is 11.7. The normalized spacial score (nSPS) is 14.0. The van der Waals surface area contributed by atoms with E-state index in [1.165, 1.54) is 96.3 Å². The molecule has 0 saturated carbocycles. The molecule has 25 heavy (non-hydrogen) atoms. The van der Waals surface area contributed by atoms with E-state index in [0.29, 0.717) is 5.54 Å². The van der Waals surface area contributed by atoms with Crippen molar-refractivity contribution >= 4 is 0 Å². The van der Waals surface area contributed by atoms with E-state index in [4.69, 9.17) is 0 Å². The van der Waals surface area contributed by atoms with Crippen LogP contribution in [0.15, 0.2) is 0 Å². The van der Waals surface area contributed by atoms with E-state index in [-0.39, 0.29) is 0 Å². The molecule has 1 nitrogen and oxygen atoms in total. The first kappa shape index (κ1) is 25.0. The minimum absolute atomic E-state index is 0.372. The van der Waals surface area contributed by atoms with Crippen molar-refractivity contribution in [2.24, 2.45) is 5.92 Å². The van der Waals surface area contributed by atoms with Gasteiger partial charge in [0, 0.05) is 5.92 Å². The van der Waals surface area contributed by atoms with Crippen molar-refractivity contribution < 1.29 is 4.48 Å². The smallest absolute Gasteiger partial charge is 0.0955 e. The quantitative estimate of drug-likeness (QED) is 0.183. The van der Waals surface area contributed by atoms with Crippen molar-refractivity contribution in [2.75, 3.05) is 21.1 Å². The molecule has 0 aliphatic rings. The Balaban J connectivity index is 3.39. The Morgan fingerprint density at radius 1 is 0.600 bits per heavy atom. The van der Waals surface area contributed by atoms with Crippen LogP contribution in [0.1, 0.15) is 124 Å². The third-order valence-corrected chi connectivity index (χ3v) is 6.93. The molecule has 0 fully saturated rings. The zero-order valence-electron chi connectivity index (χ0n) is 19.1. The van der Waals surface area contributed by atoms with Crippen molar-refractivity contribution in [3.05, 3.63) is 0 Å². The number of quaternary nitrogens is 1. The van der Waals surface area contributed by atoms with Gasteiger partial charge in [0.15, 0.2) is 0 Å². The van der Waals surface area contributed by atoms with Crippen LogP contribution in [0.2, 0.25) is 0 Å². The summed E-state index contributed by atoms with van der Waals surface area (Å²) in [6, 6.07) is 0. The Hall–Kier alpha value is -0.0400. The molecule has 0 spiro atoms. The van der Waals surface area contributed by atoms with E-state index in [1.54, 1.807) is 0 Å². The van der Waals surface area contributed by atoms with Gasteiger partial charge in [0.2, 0.25) is 0 Å². The first-order valence-corrected chi connectivity index (χ1v) is 11.5. The standard InChI is InChI=1S/C24H52N/c1-8-9-10-11-12-13-14-15-16-17-18-19-20-21-22-23(2)24(3,4)25(5,6)7/h23H,8-22H2,1-7H3/q+1. The number of unbranched alkanes of at least 4 members (excludes halogenated alkanes) is 13. The molecular formula is C24H52N+. The van der Waals surface area contributed by atoms with Gasteiger partial charge in [-0.2, -0.15) is 0 Å². The second-order valence-electron chi connectivity index (χ2n) is 9.95. The van der Waals surface area contributed by atoms with E-state index < -0.39 is 0 Å². The predicted molar refractivity (Wildman–Crippen MR) is 116 cm³/mol. The van der Waals surface area contributed by atoms with E-state index in [2.05, 4.69) is 48.8 Å². The highest BCUT2D eigenvalue weighted by Crippen LogP contribution is 2.30. The van der Waals surface area contributed by atoms with Crippen molar-refractivity contribution in [3.8, 4) is 0 Å². The fourth-order valence-corrected chi connectivity index (χ4v) is 3.66. The predicted octanol–water partition coefficient (Wildman–Crippen LogP) is 7.98. The molecule has 1 atom stereocenters. The monoisotopic (exact) mass is 354 g/mol. The molecule has 0 aromatic carbocycles. The fraction of sp³-hybridized carbons (Fsp3) is 1.00. The highest BCUT2D eigenvalue weighted by atomic mass is 15.3. The van der Waals surface area contributed by atoms with E-state index >= 15 is 0 Å². The van der Waals surface area contributed by atoms with Gasteiger partial charge in [0.05, 0.1) is 26.7 Å². The van der Waals surface area contributed by atoms with Crippen molar-refractivity contribution in [1.82, 2.24) is 0 Å². The number of hydrogen-bond donors (Lipinski definition) is 0. The zero-order valence-corrected chi connectivity index (χ0v) is 19.1. The van der Waals surface area contributed by atoms with Gasteiger partial charge in [-0.05, 0) is 20.3 Å². The van der Waals surface area contributed by atoms with E-state index in [0.717, 1.165) is 10.4 Å². The summed E-state index contributed by atoms with van der Waals surface area (Å²) in [7, 11) is 7.01. The molecule has 0 radical (unpaired) electrons. The lowest BCUT2D eigenvalue weighted by Crippen LogP contribution is -2.56. The van der Waals surface area contributed by atoms with Crippen LogP contribution in [0.3, 0.4) is 0 Å². The molecule has 152 valence electrons. The summed E-state index contributed by atoms with van der Waals surface area (Å²) in [5.41, 5.74) is 0.372. The number of hydrogen-bond acceptors (Lipinski definition) is 0. The average Bonchev–Trinajstić information content (AvgIpc) is 2.53. The number of nitrogens with zero attached hydrogens (tertiary/aromatic N) is 1. The largest absolute Gasteiger partial charge is 0.326 e. The Morgan fingerprint density at radius 3 is 1.24 bits per heavy atom. The lowest BCUT2D eigenvalue weighted by atomic mass is 9.82. The third-order valence-electron chi connectivity index (χ3n) is 6.93. The molecule has 0 bridgehead atoms. The van der Waals surface area contributed by atoms with Crippen LogP contribution in [-0.4, -0.2) is 31.2 Å². The summed E-state index contributed by atoms with van der Waals surface area (Å²) < 4.78 is 1.06. The average molecular weight is 355 g/mol. The van der Waals surface area contributed by atoms with Crippen LogP contribution >= 0.6 is 0 Å². The maximum atomic E-state index is 2.45. The molecular weight excluding hydrogens is 302 g/mol. The maximum Gasteiger partial charge on any atom is 0.0955 e. The van der Waals surface area contributed by atoms with Crippen molar-refractivity contribution in [3.63, 3.8) is 0 Å². The molecule has 0 saturated heterocycles. The Labute approximate surface area is 161 Å². The summed E-state index contributed by atoms with van der Waals surface area (Å²) in [6.07, 6.45) is 21.7. The maximum absolute atomic E-state index is 2.45.